The third-order valence-corrected chi connectivity index (χ3v) is 4.41. The Balaban J connectivity index is 1.74. The summed E-state index contributed by atoms with van der Waals surface area (Å²) in [4.78, 5) is 18.6. The van der Waals surface area contributed by atoms with E-state index in [9.17, 15) is 9.18 Å². The molecule has 1 aromatic carbocycles. The van der Waals surface area contributed by atoms with Gasteiger partial charge >= 0.3 is 0 Å². The number of carbonyl (C=O) groups is 1. The Morgan fingerprint density at radius 3 is 3.04 bits per heavy atom. The van der Waals surface area contributed by atoms with Crippen LogP contribution in [-0.4, -0.2) is 30.2 Å². The summed E-state index contributed by atoms with van der Waals surface area (Å²) < 4.78 is 18.8. The Morgan fingerprint density at radius 1 is 1.48 bits per heavy atom. The third kappa shape index (κ3) is 4.14. The zero-order chi connectivity index (χ0) is 17.9. The molecule has 1 unspecified atom stereocenters. The van der Waals surface area contributed by atoms with Crippen LogP contribution in [0.25, 0.3) is 0 Å². The lowest BCUT2D eigenvalue weighted by Crippen LogP contribution is -2.38. The maximum Gasteiger partial charge on any atom is 0.276 e. The van der Waals surface area contributed by atoms with Gasteiger partial charge in [0.15, 0.2) is 0 Å². The summed E-state index contributed by atoms with van der Waals surface area (Å²) in [5.74, 6) is -0.497. The number of allylic oxidation sites excluding steroid dienone is 1. The number of nitrogens with zero attached hydrogens (tertiary/aromatic N) is 2. The van der Waals surface area contributed by atoms with Crippen LogP contribution < -0.4 is 5.32 Å². The molecule has 6 heteroatoms. The van der Waals surface area contributed by atoms with Gasteiger partial charge in [-0.2, -0.15) is 0 Å². The van der Waals surface area contributed by atoms with E-state index in [0.717, 1.165) is 24.3 Å². The zero-order valence-corrected chi connectivity index (χ0v) is 14.5. The number of carbonyl (C=O) groups excluding carboxylic acids is 1. The second kappa shape index (κ2) is 7.19. The molecular formula is C19H22FN3O2. The fourth-order valence-electron chi connectivity index (χ4n) is 2.81. The molecule has 2 aliphatic rings. The van der Waals surface area contributed by atoms with Crippen LogP contribution in [0.4, 0.5) is 4.39 Å². The summed E-state index contributed by atoms with van der Waals surface area (Å²) in [6, 6.07) is 6.26. The van der Waals surface area contributed by atoms with E-state index in [4.69, 9.17) is 4.74 Å². The van der Waals surface area contributed by atoms with Crippen LogP contribution in [0.15, 0.2) is 53.1 Å². The minimum absolute atomic E-state index is 0.0816. The predicted molar refractivity (Wildman–Crippen MR) is 94.0 cm³/mol. The van der Waals surface area contributed by atoms with Gasteiger partial charge in [-0.05, 0) is 31.0 Å². The van der Waals surface area contributed by atoms with E-state index in [1.165, 1.54) is 18.3 Å². The summed E-state index contributed by atoms with van der Waals surface area (Å²) in [5.41, 5.74) is 1.82. The smallest absolute Gasteiger partial charge is 0.276 e. The fourth-order valence-corrected chi connectivity index (χ4v) is 2.81. The van der Waals surface area contributed by atoms with Crippen molar-refractivity contribution >= 4 is 12.1 Å². The first kappa shape index (κ1) is 17.4. The molecule has 2 aliphatic heterocycles. The number of halogens is 1. The Labute approximate surface area is 146 Å². The SMILES string of the molecule is CC1=CN/C(=C\N=CC2(C)CCOC2)C(=O)N1Cc1cccc(F)c1. The van der Waals surface area contributed by atoms with Crippen LogP contribution in [0.1, 0.15) is 25.8 Å². The Bertz CT molecular complexity index is 749. The van der Waals surface area contributed by atoms with Crippen molar-refractivity contribution < 1.29 is 13.9 Å². The van der Waals surface area contributed by atoms with E-state index in [1.807, 2.05) is 13.1 Å². The lowest BCUT2D eigenvalue weighted by Gasteiger charge is -2.28. The molecule has 25 heavy (non-hydrogen) atoms. The Kier molecular flexibility index (Phi) is 4.99. The molecule has 0 saturated carbocycles. The highest BCUT2D eigenvalue weighted by Gasteiger charge is 2.28. The molecule has 1 atom stereocenters. The van der Waals surface area contributed by atoms with Gasteiger partial charge in [0, 0.05) is 30.1 Å². The first-order valence-electron chi connectivity index (χ1n) is 8.29. The molecule has 0 spiro atoms. The quantitative estimate of drug-likeness (QED) is 0.675. The highest BCUT2D eigenvalue weighted by atomic mass is 19.1. The number of benzene rings is 1. The van der Waals surface area contributed by atoms with Crippen LogP contribution >= 0.6 is 0 Å². The molecule has 1 N–H and O–H groups in total. The van der Waals surface area contributed by atoms with Crippen molar-refractivity contribution in [3.63, 3.8) is 0 Å². The number of amides is 1. The van der Waals surface area contributed by atoms with E-state index in [-0.39, 0.29) is 17.1 Å². The lowest BCUT2D eigenvalue weighted by molar-refractivity contribution is -0.126. The minimum Gasteiger partial charge on any atom is -0.380 e. The Morgan fingerprint density at radius 2 is 2.32 bits per heavy atom. The minimum atomic E-state index is -0.311. The van der Waals surface area contributed by atoms with Crippen molar-refractivity contribution in [3.8, 4) is 0 Å². The van der Waals surface area contributed by atoms with Crippen molar-refractivity contribution in [2.24, 2.45) is 10.4 Å². The van der Waals surface area contributed by atoms with Gasteiger partial charge in [-0.3, -0.25) is 9.79 Å². The summed E-state index contributed by atoms with van der Waals surface area (Å²) in [7, 11) is 0. The normalized spacial score (nSPS) is 25.6. The Hall–Kier alpha value is -2.47. The lowest BCUT2D eigenvalue weighted by atomic mass is 9.92. The van der Waals surface area contributed by atoms with Gasteiger partial charge in [0.1, 0.15) is 11.5 Å². The topological polar surface area (TPSA) is 53.9 Å². The summed E-state index contributed by atoms with van der Waals surface area (Å²) >= 11 is 0. The van der Waals surface area contributed by atoms with Crippen molar-refractivity contribution in [3.05, 3.63) is 59.4 Å². The van der Waals surface area contributed by atoms with Crippen LogP contribution in [0, 0.1) is 11.2 Å². The molecule has 3 rings (SSSR count). The largest absolute Gasteiger partial charge is 0.380 e. The average molecular weight is 343 g/mol. The molecular weight excluding hydrogens is 321 g/mol. The monoisotopic (exact) mass is 343 g/mol. The molecule has 0 aliphatic carbocycles. The number of nitrogens with one attached hydrogen (secondary N) is 1. The third-order valence-electron chi connectivity index (χ3n) is 4.41. The van der Waals surface area contributed by atoms with Crippen LogP contribution in [-0.2, 0) is 16.1 Å². The van der Waals surface area contributed by atoms with Gasteiger partial charge in [-0.1, -0.05) is 19.1 Å². The number of aliphatic imine (C=N–C) groups is 1. The maximum atomic E-state index is 13.4. The van der Waals surface area contributed by atoms with Gasteiger partial charge in [0.2, 0.25) is 0 Å². The highest BCUT2D eigenvalue weighted by molar-refractivity contribution is 5.95. The molecule has 1 aromatic rings. The first-order valence-corrected chi connectivity index (χ1v) is 8.29. The van der Waals surface area contributed by atoms with E-state index < -0.39 is 0 Å². The standard InChI is InChI=1S/C19H22FN3O2/c1-14-9-22-17(10-21-12-19(2)6-7-25-13-19)18(24)23(14)11-15-4-3-5-16(20)8-15/h3-5,8-10,12,22H,6-7,11,13H2,1-2H3/b17-10-,21-12?. The summed E-state index contributed by atoms with van der Waals surface area (Å²) in [6.45, 7) is 5.61. The summed E-state index contributed by atoms with van der Waals surface area (Å²) in [6.07, 6.45) is 6.05. The second-order valence-corrected chi connectivity index (χ2v) is 6.73. The van der Waals surface area contributed by atoms with Crippen molar-refractivity contribution in [1.82, 2.24) is 10.2 Å². The fraction of sp³-hybridized carbons (Fsp3) is 0.368. The molecule has 1 amide bonds. The highest BCUT2D eigenvalue weighted by Crippen LogP contribution is 2.25. The number of ether oxygens (including phenoxy) is 1. The van der Waals surface area contributed by atoms with Gasteiger partial charge in [-0.25, -0.2) is 4.39 Å². The molecule has 0 aromatic heterocycles. The van der Waals surface area contributed by atoms with Crippen LogP contribution in [0.5, 0.6) is 0 Å². The molecule has 1 fully saturated rings. The average Bonchev–Trinajstić information content (AvgIpc) is 3.00. The van der Waals surface area contributed by atoms with Crippen LogP contribution in [0.3, 0.4) is 0 Å². The van der Waals surface area contributed by atoms with E-state index in [1.54, 1.807) is 23.2 Å². The molecule has 2 heterocycles. The second-order valence-electron chi connectivity index (χ2n) is 6.73. The number of hydrogen-bond acceptors (Lipinski definition) is 4. The predicted octanol–water partition coefficient (Wildman–Crippen LogP) is 2.96. The first-order chi connectivity index (χ1) is 12.0. The van der Waals surface area contributed by atoms with Gasteiger partial charge in [0.25, 0.3) is 5.91 Å². The van der Waals surface area contributed by atoms with E-state index in [0.29, 0.717) is 18.8 Å². The van der Waals surface area contributed by atoms with Crippen LogP contribution in [0.2, 0.25) is 0 Å². The molecule has 132 valence electrons. The van der Waals surface area contributed by atoms with Crippen molar-refractivity contribution in [2.45, 2.75) is 26.8 Å². The van der Waals surface area contributed by atoms with Gasteiger partial charge < -0.3 is 15.0 Å². The van der Waals surface area contributed by atoms with Gasteiger partial charge in [0.05, 0.1) is 19.4 Å². The number of rotatable bonds is 4. The zero-order valence-electron chi connectivity index (χ0n) is 14.5. The summed E-state index contributed by atoms with van der Waals surface area (Å²) in [5, 5.41) is 2.97. The van der Waals surface area contributed by atoms with Gasteiger partial charge in [-0.15, -0.1) is 0 Å². The molecule has 0 radical (unpaired) electrons. The van der Waals surface area contributed by atoms with Crippen molar-refractivity contribution in [2.75, 3.05) is 13.2 Å². The van der Waals surface area contributed by atoms with E-state index >= 15 is 0 Å². The van der Waals surface area contributed by atoms with E-state index in [2.05, 4.69) is 17.2 Å². The molecule has 1 saturated heterocycles. The molecule has 5 nitrogen and oxygen atoms in total. The maximum absolute atomic E-state index is 13.4. The number of hydrogen-bond donors (Lipinski definition) is 1. The van der Waals surface area contributed by atoms with Crippen molar-refractivity contribution in [1.29, 1.82) is 0 Å². The molecule has 0 bridgehead atoms.